The van der Waals surface area contributed by atoms with Crippen LogP contribution in [0.5, 0.6) is 0 Å². The van der Waals surface area contributed by atoms with Gasteiger partial charge in [0, 0.05) is 24.1 Å². The maximum absolute atomic E-state index is 15.0. The standard InChI is InChI=1S/C22H27F2N5O2/c1-11(2)18-20(12(3)4)29-9-13(7-14(23)21(29)27-18)19-15(24)8-25-22(28-19)26-16-5-6-31-10-17(16)30/h7-9,11-12,16-17,30H,5-6,10H2,1-4H3,(H,25,26,28)/t16-,17-/m1/s1. The van der Waals surface area contributed by atoms with Crippen molar-refractivity contribution in [2.75, 3.05) is 18.5 Å². The Balaban J connectivity index is 1.78. The van der Waals surface area contributed by atoms with E-state index in [1.165, 1.54) is 6.07 Å². The average Bonchev–Trinajstić information content (AvgIpc) is 3.12. The summed E-state index contributed by atoms with van der Waals surface area (Å²) in [5.74, 6) is -0.812. The first-order chi connectivity index (χ1) is 14.8. The second kappa shape index (κ2) is 8.47. The number of pyridine rings is 1. The molecule has 4 heterocycles. The molecule has 166 valence electrons. The van der Waals surface area contributed by atoms with E-state index in [-0.39, 0.29) is 47.3 Å². The molecular weight excluding hydrogens is 404 g/mol. The SMILES string of the molecule is CC(C)c1nc2c(F)cc(-c3nc(N[C@@H]4CCOC[C@H]4O)ncc3F)cn2c1C(C)C. The van der Waals surface area contributed by atoms with Gasteiger partial charge in [0.05, 0.1) is 30.6 Å². The van der Waals surface area contributed by atoms with Gasteiger partial charge in [-0.15, -0.1) is 0 Å². The van der Waals surface area contributed by atoms with E-state index in [0.717, 1.165) is 17.6 Å². The number of halogens is 2. The monoisotopic (exact) mass is 431 g/mol. The van der Waals surface area contributed by atoms with Gasteiger partial charge >= 0.3 is 0 Å². The van der Waals surface area contributed by atoms with Gasteiger partial charge in [-0.05, 0) is 24.3 Å². The molecule has 3 aromatic rings. The summed E-state index contributed by atoms with van der Waals surface area (Å²) in [6, 6.07) is 0.941. The minimum Gasteiger partial charge on any atom is -0.389 e. The van der Waals surface area contributed by atoms with Gasteiger partial charge in [-0.3, -0.25) is 0 Å². The zero-order valence-electron chi connectivity index (χ0n) is 18.1. The molecule has 1 aliphatic rings. The Morgan fingerprint density at radius 1 is 1.16 bits per heavy atom. The number of anilines is 1. The molecule has 1 aliphatic heterocycles. The molecule has 2 N–H and O–H groups in total. The van der Waals surface area contributed by atoms with Crippen LogP contribution in [0.2, 0.25) is 0 Å². The Kier molecular flexibility index (Phi) is 5.90. The molecule has 0 spiro atoms. The lowest BCUT2D eigenvalue weighted by Crippen LogP contribution is -2.42. The fraction of sp³-hybridized carbons (Fsp3) is 0.500. The van der Waals surface area contributed by atoms with E-state index in [1.54, 1.807) is 10.6 Å². The van der Waals surface area contributed by atoms with Crippen LogP contribution in [0.25, 0.3) is 16.9 Å². The third kappa shape index (κ3) is 4.12. The van der Waals surface area contributed by atoms with Gasteiger partial charge in [0.15, 0.2) is 17.3 Å². The molecule has 0 radical (unpaired) electrons. The molecule has 0 saturated carbocycles. The quantitative estimate of drug-likeness (QED) is 0.638. The number of nitrogens with one attached hydrogen (secondary N) is 1. The number of aromatic nitrogens is 4. The molecule has 31 heavy (non-hydrogen) atoms. The summed E-state index contributed by atoms with van der Waals surface area (Å²) < 4.78 is 36.6. The number of aliphatic hydroxyl groups is 1. The van der Waals surface area contributed by atoms with Crippen LogP contribution in [-0.2, 0) is 4.74 Å². The van der Waals surface area contributed by atoms with Crippen molar-refractivity contribution < 1.29 is 18.6 Å². The highest BCUT2D eigenvalue weighted by molar-refractivity contribution is 5.64. The lowest BCUT2D eigenvalue weighted by molar-refractivity contribution is -0.0136. The van der Waals surface area contributed by atoms with E-state index in [4.69, 9.17) is 4.74 Å². The maximum atomic E-state index is 15.0. The van der Waals surface area contributed by atoms with Crippen LogP contribution in [0, 0.1) is 11.6 Å². The Morgan fingerprint density at radius 3 is 2.61 bits per heavy atom. The van der Waals surface area contributed by atoms with E-state index in [1.807, 2.05) is 27.7 Å². The number of fused-ring (bicyclic) bond motifs is 1. The molecule has 0 aromatic carbocycles. The molecule has 1 saturated heterocycles. The summed E-state index contributed by atoms with van der Waals surface area (Å²) in [4.78, 5) is 12.8. The van der Waals surface area contributed by atoms with E-state index >= 15 is 0 Å². The fourth-order valence-electron chi connectivity index (χ4n) is 3.96. The Bertz CT molecular complexity index is 1100. The van der Waals surface area contributed by atoms with Gasteiger partial charge in [-0.25, -0.2) is 23.7 Å². The average molecular weight is 431 g/mol. The third-order valence-electron chi connectivity index (χ3n) is 5.49. The second-order valence-electron chi connectivity index (χ2n) is 8.53. The predicted molar refractivity (Wildman–Crippen MR) is 113 cm³/mol. The number of ether oxygens (including phenoxy) is 1. The van der Waals surface area contributed by atoms with Crippen LogP contribution in [0.4, 0.5) is 14.7 Å². The summed E-state index contributed by atoms with van der Waals surface area (Å²) in [6.45, 7) is 8.78. The smallest absolute Gasteiger partial charge is 0.223 e. The van der Waals surface area contributed by atoms with E-state index in [2.05, 4.69) is 20.3 Å². The first-order valence-electron chi connectivity index (χ1n) is 10.5. The highest BCUT2D eigenvalue weighted by Crippen LogP contribution is 2.31. The first kappa shape index (κ1) is 21.6. The molecule has 0 aliphatic carbocycles. The van der Waals surface area contributed by atoms with Crippen LogP contribution < -0.4 is 5.32 Å². The maximum Gasteiger partial charge on any atom is 0.223 e. The molecular formula is C22H27F2N5O2. The highest BCUT2D eigenvalue weighted by atomic mass is 19.1. The fourth-order valence-corrected chi connectivity index (χ4v) is 3.96. The number of imidazole rings is 1. The van der Waals surface area contributed by atoms with Gasteiger partial charge in [-0.1, -0.05) is 27.7 Å². The molecule has 9 heteroatoms. The van der Waals surface area contributed by atoms with Crippen molar-refractivity contribution >= 4 is 11.6 Å². The lowest BCUT2D eigenvalue weighted by Gasteiger charge is -2.28. The number of nitrogens with zero attached hydrogens (tertiary/aromatic N) is 4. The van der Waals surface area contributed by atoms with Crippen LogP contribution in [0.1, 0.15) is 57.3 Å². The Hall–Kier alpha value is -2.65. The molecule has 0 unspecified atom stereocenters. The van der Waals surface area contributed by atoms with Crippen LogP contribution in [0.15, 0.2) is 18.5 Å². The second-order valence-corrected chi connectivity index (χ2v) is 8.53. The van der Waals surface area contributed by atoms with Crippen LogP contribution in [0.3, 0.4) is 0 Å². The Morgan fingerprint density at radius 2 is 1.94 bits per heavy atom. The van der Waals surface area contributed by atoms with Crippen LogP contribution in [-0.4, -0.2) is 49.8 Å². The Labute approximate surface area is 179 Å². The minimum absolute atomic E-state index is 0.0191. The lowest BCUT2D eigenvalue weighted by atomic mass is 10.0. The zero-order chi connectivity index (χ0) is 22.3. The van der Waals surface area contributed by atoms with Gasteiger partial charge in [0.1, 0.15) is 5.69 Å². The van der Waals surface area contributed by atoms with Gasteiger partial charge in [0.25, 0.3) is 0 Å². The van der Waals surface area contributed by atoms with E-state index < -0.39 is 17.7 Å². The molecule has 3 aromatic heterocycles. The topological polar surface area (TPSA) is 84.6 Å². The third-order valence-corrected chi connectivity index (χ3v) is 5.49. The van der Waals surface area contributed by atoms with Crippen molar-refractivity contribution in [2.24, 2.45) is 0 Å². The summed E-state index contributed by atoms with van der Waals surface area (Å²) in [5.41, 5.74) is 2.20. The predicted octanol–water partition coefficient (Wildman–Crippen LogP) is 3.88. The van der Waals surface area contributed by atoms with Gasteiger partial charge in [0.2, 0.25) is 5.95 Å². The molecule has 4 rings (SSSR count). The molecule has 0 bridgehead atoms. The summed E-state index contributed by atoms with van der Waals surface area (Å²) in [7, 11) is 0. The van der Waals surface area contributed by atoms with Gasteiger partial charge < -0.3 is 19.6 Å². The van der Waals surface area contributed by atoms with Crippen molar-refractivity contribution in [2.45, 2.75) is 58.1 Å². The van der Waals surface area contributed by atoms with Crippen molar-refractivity contribution in [3.63, 3.8) is 0 Å². The number of aliphatic hydroxyl groups excluding tert-OH is 1. The largest absolute Gasteiger partial charge is 0.389 e. The summed E-state index contributed by atoms with van der Waals surface area (Å²) in [5, 5.41) is 13.1. The number of hydrogen-bond donors (Lipinski definition) is 2. The van der Waals surface area contributed by atoms with E-state index in [0.29, 0.717) is 13.0 Å². The molecule has 0 amide bonds. The first-order valence-corrected chi connectivity index (χ1v) is 10.5. The van der Waals surface area contributed by atoms with Gasteiger partial charge in [-0.2, -0.15) is 0 Å². The summed E-state index contributed by atoms with van der Waals surface area (Å²) in [6.07, 6.45) is 2.58. The zero-order valence-corrected chi connectivity index (χ0v) is 18.1. The normalized spacial score (nSPS) is 19.5. The number of rotatable bonds is 5. The van der Waals surface area contributed by atoms with Crippen molar-refractivity contribution in [3.05, 3.63) is 41.5 Å². The molecule has 2 atom stereocenters. The summed E-state index contributed by atoms with van der Waals surface area (Å²) >= 11 is 0. The van der Waals surface area contributed by atoms with Crippen molar-refractivity contribution in [3.8, 4) is 11.3 Å². The highest BCUT2D eigenvalue weighted by Gasteiger charge is 2.25. The number of hydrogen-bond acceptors (Lipinski definition) is 6. The van der Waals surface area contributed by atoms with E-state index in [9.17, 15) is 13.9 Å². The van der Waals surface area contributed by atoms with Crippen LogP contribution >= 0.6 is 0 Å². The molecule has 7 nitrogen and oxygen atoms in total. The van der Waals surface area contributed by atoms with Crippen molar-refractivity contribution in [1.29, 1.82) is 0 Å². The minimum atomic E-state index is -0.714. The van der Waals surface area contributed by atoms with Crippen molar-refractivity contribution in [1.82, 2.24) is 19.4 Å². The molecule has 1 fully saturated rings.